The van der Waals surface area contributed by atoms with Crippen LogP contribution in [0.15, 0.2) is 48.0 Å². The van der Waals surface area contributed by atoms with Crippen LogP contribution in [0.3, 0.4) is 0 Å². The summed E-state index contributed by atoms with van der Waals surface area (Å²) in [5, 5.41) is 2.18. The summed E-state index contributed by atoms with van der Waals surface area (Å²) < 4.78 is 15.7. The molecule has 0 spiro atoms. The number of barbiturate groups is 1. The third-order valence-electron chi connectivity index (χ3n) is 4.16. The molecular formula is C20H18N2O6. The number of nitrogens with zero attached hydrogens (tertiary/aromatic N) is 1. The van der Waals surface area contributed by atoms with Crippen molar-refractivity contribution in [1.29, 1.82) is 0 Å². The summed E-state index contributed by atoms with van der Waals surface area (Å²) in [4.78, 5) is 38.6. The van der Waals surface area contributed by atoms with Crippen molar-refractivity contribution in [3.8, 4) is 17.2 Å². The van der Waals surface area contributed by atoms with Crippen LogP contribution < -0.4 is 24.4 Å². The number of imide groups is 2. The molecule has 8 nitrogen and oxygen atoms in total. The van der Waals surface area contributed by atoms with Crippen molar-refractivity contribution in [3.63, 3.8) is 0 Å². The average molecular weight is 382 g/mol. The number of nitrogens with one attached hydrogen (secondary N) is 1. The van der Waals surface area contributed by atoms with Gasteiger partial charge in [-0.15, -0.1) is 0 Å². The second-order valence-corrected chi connectivity index (χ2v) is 5.74. The summed E-state index contributed by atoms with van der Waals surface area (Å²) in [6.07, 6.45) is 1.36. The highest BCUT2D eigenvalue weighted by Crippen LogP contribution is 2.32. The van der Waals surface area contributed by atoms with Crippen molar-refractivity contribution in [2.45, 2.75) is 0 Å². The van der Waals surface area contributed by atoms with Crippen molar-refractivity contribution in [2.75, 3.05) is 26.2 Å². The Bertz CT molecular complexity index is 982. The molecule has 1 N–H and O–H groups in total. The van der Waals surface area contributed by atoms with E-state index >= 15 is 0 Å². The predicted molar refractivity (Wildman–Crippen MR) is 102 cm³/mol. The summed E-state index contributed by atoms with van der Waals surface area (Å²) in [5.74, 6) is -0.295. The van der Waals surface area contributed by atoms with Gasteiger partial charge in [-0.1, -0.05) is 12.1 Å². The molecule has 0 radical (unpaired) electrons. The van der Waals surface area contributed by atoms with Gasteiger partial charge in [0.2, 0.25) is 0 Å². The lowest BCUT2D eigenvalue weighted by Gasteiger charge is -2.27. The van der Waals surface area contributed by atoms with Gasteiger partial charge < -0.3 is 14.2 Å². The van der Waals surface area contributed by atoms with E-state index in [1.807, 2.05) is 0 Å². The number of methoxy groups -OCH3 is 3. The number of amides is 4. The topological polar surface area (TPSA) is 94.2 Å². The van der Waals surface area contributed by atoms with E-state index in [1.54, 1.807) is 42.5 Å². The van der Waals surface area contributed by atoms with Gasteiger partial charge >= 0.3 is 6.03 Å². The fraction of sp³-hybridized carbons (Fsp3) is 0.150. The monoisotopic (exact) mass is 382 g/mol. The zero-order valence-electron chi connectivity index (χ0n) is 15.5. The predicted octanol–water partition coefficient (Wildman–Crippen LogP) is 2.38. The Morgan fingerprint density at radius 3 is 2.29 bits per heavy atom. The fourth-order valence-electron chi connectivity index (χ4n) is 2.80. The molecule has 0 aromatic heterocycles. The summed E-state index contributed by atoms with van der Waals surface area (Å²) in [6, 6.07) is 10.6. The summed E-state index contributed by atoms with van der Waals surface area (Å²) in [6.45, 7) is 0. The average Bonchev–Trinajstić information content (AvgIpc) is 2.71. The zero-order chi connectivity index (χ0) is 20.3. The Morgan fingerprint density at radius 2 is 1.61 bits per heavy atom. The number of hydrogen-bond donors (Lipinski definition) is 1. The molecule has 0 aliphatic carbocycles. The smallest absolute Gasteiger partial charge is 0.336 e. The number of anilines is 1. The van der Waals surface area contributed by atoms with Gasteiger partial charge in [0.15, 0.2) is 0 Å². The van der Waals surface area contributed by atoms with Crippen LogP contribution in [-0.4, -0.2) is 39.2 Å². The van der Waals surface area contributed by atoms with Crippen molar-refractivity contribution >= 4 is 29.6 Å². The third-order valence-corrected chi connectivity index (χ3v) is 4.16. The molecule has 0 saturated carbocycles. The Kier molecular flexibility index (Phi) is 5.30. The highest BCUT2D eigenvalue weighted by Gasteiger charge is 2.38. The number of ether oxygens (including phenoxy) is 3. The number of para-hydroxylation sites is 2. The first-order valence-corrected chi connectivity index (χ1v) is 8.26. The van der Waals surface area contributed by atoms with Crippen LogP contribution in [0, 0.1) is 0 Å². The number of urea groups is 1. The van der Waals surface area contributed by atoms with Crippen molar-refractivity contribution in [1.82, 2.24) is 5.32 Å². The van der Waals surface area contributed by atoms with Crippen molar-refractivity contribution < 1.29 is 28.6 Å². The number of carbonyl (C=O) groups excluding carboxylic acids is 3. The van der Waals surface area contributed by atoms with E-state index in [4.69, 9.17) is 14.2 Å². The van der Waals surface area contributed by atoms with E-state index in [0.717, 1.165) is 4.90 Å². The number of carbonyl (C=O) groups is 3. The first kappa shape index (κ1) is 19.0. The van der Waals surface area contributed by atoms with Crippen LogP contribution >= 0.6 is 0 Å². The van der Waals surface area contributed by atoms with Gasteiger partial charge in [0.25, 0.3) is 11.8 Å². The molecule has 0 atom stereocenters. The molecule has 144 valence electrons. The Balaban J connectivity index is 2.09. The number of benzene rings is 2. The molecule has 1 aliphatic heterocycles. The lowest BCUT2D eigenvalue weighted by molar-refractivity contribution is -0.122. The maximum Gasteiger partial charge on any atom is 0.336 e. The second kappa shape index (κ2) is 7.83. The van der Waals surface area contributed by atoms with E-state index in [9.17, 15) is 14.4 Å². The third kappa shape index (κ3) is 3.39. The van der Waals surface area contributed by atoms with Crippen LogP contribution in [-0.2, 0) is 9.59 Å². The molecular weight excluding hydrogens is 364 g/mol. The van der Waals surface area contributed by atoms with Crippen LogP contribution in [0.25, 0.3) is 6.08 Å². The van der Waals surface area contributed by atoms with Crippen LogP contribution in [0.1, 0.15) is 5.56 Å². The standard InChI is InChI=1S/C20H18N2O6/c1-26-13-8-9-16(27-2)12(10-13)11-14-18(23)21-20(25)22(19(14)24)15-6-4-5-7-17(15)28-3/h4-11H,1-3H3,(H,21,23,25)/b14-11-. The van der Waals surface area contributed by atoms with E-state index in [1.165, 1.54) is 27.4 Å². The van der Waals surface area contributed by atoms with E-state index in [0.29, 0.717) is 22.8 Å². The second-order valence-electron chi connectivity index (χ2n) is 5.74. The number of hydrogen-bond acceptors (Lipinski definition) is 6. The molecule has 0 unspecified atom stereocenters. The van der Waals surface area contributed by atoms with Crippen molar-refractivity contribution in [3.05, 3.63) is 53.6 Å². The normalized spacial score (nSPS) is 15.5. The first-order chi connectivity index (χ1) is 13.5. The summed E-state index contributed by atoms with van der Waals surface area (Å²) in [7, 11) is 4.39. The van der Waals surface area contributed by atoms with Gasteiger partial charge in [-0.2, -0.15) is 0 Å². The lowest BCUT2D eigenvalue weighted by Crippen LogP contribution is -2.54. The lowest BCUT2D eigenvalue weighted by atomic mass is 10.1. The minimum atomic E-state index is -0.853. The molecule has 1 heterocycles. The van der Waals surface area contributed by atoms with Crippen LogP contribution in [0.5, 0.6) is 17.2 Å². The Labute approximate surface area is 161 Å². The molecule has 0 bridgehead atoms. The van der Waals surface area contributed by atoms with E-state index in [-0.39, 0.29) is 11.3 Å². The van der Waals surface area contributed by atoms with Gasteiger partial charge in [0.1, 0.15) is 22.8 Å². The summed E-state index contributed by atoms with van der Waals surface area (Å²) in [5.41, 5.74) is 0.454. The SMILES string of the molecule is COc1ccc(OC)c(/C=C2/C(=O)NC(=O)N(c3ccccc3OC)C2=O)c1. The molecule has 2 aromatic rings. The molecule has 28 heavy (non-hydrogen) atoms. The Morgan fingerprint density at radius 1 is 0.893 bits per heavy atom. The molecule has 8 heteroatoms. The van der Waals surface area contributed by atoms with Gasteiger partial charge in [-0.3, -0.25) is 14.9 Å². The van der Waals surface area contributed by atoms with Gasteiger partial charge in [0, 0.05) is 5.56 Å². The summed E-state index contributed by atoms with van der Waals surface area (Å²) >= 11 is 0. The Hall–Kier alpha value is -3.81. The van der Waals surface area contributed by atoms with Crippen LogP contribution in [0.4, 0.5) is 10.5 Å². The quantitative estimate of drug-likeness (QED) is 0.630. The molecule has 1 aliphatic rings. The minimum absolute atomic E-state index is 0.225. The zero-order valence-corrected chi connectivity index (χ0v) is 15.5. The molecule has 1 saturated heterocycles. The van der Waals surface area contributed by atoms with Crippen LogP contribution in [0.2, 0.25) is 0 Å². The maximum absolute atomic E-state index is 13.0. The van der Waals surface area contributed by atoms with Crippen molar-refractivity contribution in [2.24, 2.45) is 0 Å². The van der Waals surface area contributed by atoms with E-state index < -0.39 is 17.8 Å². The molecule has 3 rings (SSSR count). The number of rotatable bonds is 5. The minimum Gasteiger partial charge on any atom is -0.497 e. The highest BCUT2D eigenvalue weighted by molar-refractivity contribution is 6.39. The maximum atomic E-state index is 13.0. The first-order valence-electron chi connectivity index (χ1n) is 8.26. The molecule has 1 fully saturated rings. The van der Waals surface area contributed by atoms with E-state index in [2.05, 4.69) is 5.32 Å². The van der Waals surface area contributed by atoms with Gasteiger partial charge in [0.05, 0.1) is 27.0 Å². The van der Waals surface area contributed by atoms with Gasteiger partial charge in [-0.25, -0.2) is 9.69 Å². The largest absolute Gasteiger partial charge is 0.497 e. The highest BCUT2D eigenvalue weighted by atomic mass is 16.5. The van der Waals surface area contributed by atoms with Gasteiger partial charge in [-0.05, 0) is 36.4 Å². The molecule has 4 amide bonds. The molecule has 2 aromatic carbocycles. The fourth-order valence-corrected chi connectivity index (χ4v) is 2.80.